The van der Waals surface area contributed by atoms with Crippen molar-refractivity contribution in [2.45, 2.75) is 0 Å². The van der Waals surface area contributed by atoms with Gasteiger partial charge in [-0.15, -0.1) is 11.3 Å². The summed E-state index contributed by atoms with van der Waals surface area (Å²) in [6.45, 7) is 0. The normalized spacial score (nSPS) is 11.2. The number of thiazole rings is 1. The molecule has 19 heavy (non-hydrogen) atoms. The maximum absolute atomic E-state index is 5.34. The predicted octanol–water partition coefficient (Wildman–Crippen LogP) is 2.65. The number of benzene rings is 1. The van der Waals surface area contributed by atoms with Crippen LogP contribution >= 0.6 is 11.3 Å². The van der Waals surface area contributed by atoms with Crippen molar-refractivity contribution in [1.29, 1.82) is 0 Å². The number of anilines is 1. The molecule has 5 nitrogen and oxygen atoms in total. The predicted molar refractivity (Wildman–Crippen MR) is 77.7 cm³/mol. The molecule has 0 unspecified atom stereocenters. The molecule has 1 aromatic carbocycles. The van der Waals surface area contributed by atoms with Crippen LogP contribution in [-0.4, -0.2) is 32.1 Å². The fraction of sp³-hybridized carbons (Fsp3) is 0.231. The van der Waals surface area contributed by atoms with Gasteiger partial charge in [0.2, 0.25) is 0 Å². The average Bonchev–Trinajstić information content (AvgIpc) is 2.98. The number of ether oxygens (including phenoxy) is 2. The highest BCUT2D eigenvalue weighted by Gasteiger charge is 2.14. The SMILES string of the molecule is CN=C(Nc1c(OC)cccc1OC)c1nccs1. The Hall–Kier alpha value is -2.08. The van der Waals surface area contributed by atoms with Crippen molar-refractivity contribution >= 4 is 22.9 Å². The van der Waals surface area contributed by atoms with Crippen LogP contribution < -0.4 is 14.8 Å². The first kappa shape index (κ1) is 13.4. The molecule has 0 amide bonds. The van der Waals surface area contributed by atoms with Crippen molar-refractivity contribution in [2.75, 3.05) is 26.6 Å². The topological polar surface area (TPSA) is 55.7 Å². The third-order valence-electron chi connectivity index (χ3n) is 2.53. The van der Waals surface area contributed by atoms with Crippen LogP contribution in [0, 0.1) is 0 Å². The lowest BCUT2D eigenvalue weighted by molar-refractivity contribution is 0.398. The largest absolute Gasteiger partial charge is 0.494 e. The van der Waals surface area contributed by atoms with E-state index >= 15 is 0 Å². The third-order valence-corrected chi connectivity index (χ3v) is 3.31. The monoisotopic (exact) mass is 277 g/mol. The maximum Gasteiger partial charge on any atom is 0.162 e. The summed E-state index contributed by atoms with van der Waals surface area (Å²) in [5, 5.41) is 5.94. The molecule has 0 aliphatic carbocycles. The molecular weight excluding hydrogens is 262 g/mol. The number of hydrogen-bond donors (Lipinski definition) is 1. The molecule has 1 heterocycles. The zero-order chi connectivity index (χ0) is 13.7. The van der Waals surface area contributed by atoms with E-state index in [4.69, 9.17) is 9.47 Å². The third kappa shape index (κ3) is 2.85. The van der Waals surface area contributed by atoms with Gasteiger partial charge in [-0.1, -0.05) is 6.07 Å². The summed E-state index contributed by atoms with van der Waals surface area (Å²) in [5.41, 5.74) is 0.739. The van der Waals surface area contributed by atoms with E-state index in [1.165, 1.54) is 11.3 Å². The molecule has 0 fully saturated rings. The molecule has 0 aliphatic heterocycles. The number of rotatable bonds is 4. The van der Waals surface area contributed by atoms with Gasteiger partial charge in [-0.25, -0.2) is 4.98 Å². The van der Waals surface area contributed by atoms with E-state index in [0.717, 1.165) is 10.7 Å². The maximum atomic E-state index is 5.34. The van der Waals surface area contributed by atoms with E-state index in [2.05, 4.69) is 15.3 Å². The molecule has 0 saturated heterocycles. The van der Waals surface area contributed by atoms with E-state index in [1.807, 2.05) is 23.6 Å². The molecule has 0 aliphatic rings. The Morgan fingerprint density at radius 1 is 1.26 bits per heavy atom. The first-order valence-corrected chi connectivity index (χ1v) is 6.52. The smallest absolute Gasteiger partial charge is 0.162 e. The summed E-state index contributed by atoms with van der Waals surface area (Å²) in [5.74, 6) is 2.06. The van der Waals surface area contributed by atoms with Crippen LogP contribution in [0.5, 0.6) is 11.5 Å². The van der Waals surface area contributed by atoms with Crippen LogP contribution in [-0.2, 0) is 0 Å². The van der Waals surface area contributed by atoms with Gasteiger partial charge in [-0.2, -0.15) is 0 Å². The summed E-state index contributed by atoms with van der Waals surface area (Å²) in [7, 11) is 4.95. The fourth-order valence-electron chi connectivity index (χ4n) is 1.64. The second-order valence-electron chi connectivity index (χ2n) is 3.57. The molecule has 0 radical (unpaired) electrons. The summed E-state index contributed by atoms with van der Waals surface area (Å²) >= 11 is 1.52. The number of nitrogens with one attached hydrogen (secondary N) is 1. The van der Waals surface area contributed by atoms with Crippen LogP contribution in [0.2, 0.25) is 0 Å². The van der Waals surface area contributed by atoms with E-state index in [-0.39, 0.29) is 0 Å². The number of nitrogens with zero attached hydrogens (tertiary/aromatic N) is 2. The highest BCUT2D eigenvalue weighted by Crippen LogP contribution is 2.34. The average molecular weight is 277 g/mol. The highest BCUT2D eigenvalue weighted by molar-refractivity contribution is 7.11. The summed E-state index contributed by atoms with van der Waals surface area (Å²) in [4.78, 5) is 8.46. The van der Waals surface area contributed by atoms with E-state index in [0.29, 0.717) is 17.3 Å². The Kier molecular flexibility index (Phi) is 4.35. The minimum absolute atomic E-state index is 0.679. The quantitative estimate of drug-likeness (QED) is 0.689. The van der Waals surface area contributed by atoms with Gasteiger partial charge in [0.1, 0.15) is 17.2 Å². The van der Waals surface area contributed by atoms with Crippen molar-refractivity contribution < 1.29 is 9.47 Å². The number of aliphatic imine (C=N–C) groups is 1. The Labute approximate surface area is 115 Å². The van der Waals surface area contributed by atoms with Crippen LogP contribution in [0.4, 0.5) is 5.69 Å². The van der Waals surface area contributed by atoms with Gasteiger partial charge >= 0.3 is 0 Å². The standard InChI is InChI=1S/C13H15N3O2S/c1-14-12(13-15-7-8-19-13)16-11-9(17-2)5-4-6-10(11)18-3/h4-8H,1-3H3,(H,14,16). The van der Waals surface area contributed by atoms with Crippen molar-refractivity contribution in [1.82, 2.24) is 4.98 Å². The Morgan fingerprint density at radius 2 is 1.95 bits per heavy atom. The molecule has 100 valence electrons. The van der Waals surface area contributed by atoms with Crippen molar-refractivity contribution in [3.05, 3.63) is 34.8 Å². The van der Waals surface area contributed by atoms with Crippen LogP contribution in [0.15, 0.2) is 34.8 Å². The van der Waals surface area contributed by atoms with Gasteiger partial charge < -0.3 is 14.8 Å². The number of aromatic nitrogens is 1. The molecule has 1 aromatic heterocycles. The molecule has 2 aromatic rings. The van der Waals surface area contributed by atoms with Crippen molar-refractivity contribution in [3.8, 4) is 11.5 Å². The lowest BCUT2D eigenvalue weighted by Gasteiger charge is -2.14. The fourth-order valence-corrected chi connectivity index (χ4v) is 2.26. The molecule has 2 rings (SSSR count). The summed E-state index contributed by atoms with van der Waals surface area (Å²) < 4.78 is 10.7. The molecule has 0 bridgehead atoms. The zero-order valence-corrected chi connectivity index (χ0v) is 11.8. The van der Waals surface area contributed by atoms with Gasteiger partial charge in [0.25, 0.3) is 0 Å². The number of amidine groups is 1. The summed E-state index contributed by atoms with van der Waals surface area (Å²) in [6.07, 6.45) is 1.74. The molecule has 1 N–H and O–H groups in total. The van der Waals surface area contributed by atoms with Crippen molar-refractivity contribution in [2.24, 2.45) is 4.99 Å². The second kappa shape index (κ2) is 6.19. The van der Waals surface area contributed by atoms with Gasteiger partial charge in [0, 0.05) is 18.6 Å². The Morgan fingerprint density at radius 3 is 2.42 bits per heavy atom. The molecule has 0 atom stereocenters. The van der Waals surface area contributed by atoms with Crippen LogP contribution in [0.25, 0.3) is 0 Å². The first-order chi connectivity index (χ1) is 9.30. The first-order valence-electron chi connectivity index (χ1n) is 5.64. The van der Waals surface area contributed by atoms with Gasteiger partial charge in [-0.3, -0.25) is 4.99 Å². The Bertz CT molecular complexity index is 545. The minimum Gasteiger partial charge on any atom is -0.494 e. The number of para-hydroxylation sites is 1. The molecule has 0 saturated carbocycles. The minimum atomic E-state index is 0.679. The number of hydrogen-bond acceptors (Lipinski definition) is 5. The summed E-state index contributed by atoms with van der Waals surface area (Å²) in [6, 6.07) is 5.59. The Balaban J connectivity index is 2.37. The molecule has 0 spiro atoms. The lowest BCUT2D eigenvalue weighted by atomic mass is 10.2. The second-order valence-corrected chi connectivity index (χ2v) is 4.47. The van der Waals surface area contributed by atoms with Gasteiger partial charge in [-0.05, 0) is 12.1 Å². The number of methoxy groups -OCH3 is 2. The molecular formula is C13H15N3O2S. The van der Waals surface area contributed by atoms with E-state index < -0.39 is 0 Å². The lowest BCUT2D eigenvalue weighted by Crippen LogP contribution is -2.14. The van der Waals surface area contributed by atoms with Crippen LogP contribution in [0.3, 0.4) is 0 Å². The van der Waals surface area contributed by atoms with Crippen LogP contribution in [0.1, 0.15) is 5.01 Å². The van der Waals surface area contributed by atoms with E-state index in [1.54, 1.807) is 27.5 Å². The van der Waals surface area contributed by atoms with Gasteiger partial charge in [0.15, 0.2) is 10.8 Å². The van der Waals surface area contributed by atoms with E-state index in [9.17, 15) is 0 Å². The highest BCUT2D eigenvalue weighted by atomic mass is 32.1. The van der Waals surface area contributed by atoms with Crippen molar-refractivity contribution in [3.63, 3.8) is 0 Å². The van der Waals surface area contributed by atoms with Gasteiger partial charge in [0.05, 0.1) is 14.2 Å². The zero-order valence-electron chi connectivity index (χ0n) is 11.0. The molecule has 6 heteroatoms.